The second-order valence-electron chi connectivity index (χ2n) is 4.83. The molecule has 0 radical (unpaired) electrons. The smallest absolute Gasteiger partial charge is 0.309 e. The molecule has 1 fully saturated rings. The predicted octanol–water partition coefficient (Wildman–Crippen LogP) is 2.23. The van der Waals surface area contributed by atoms with E-state index in [9.17, 15) is 9.59 Å². The zero-order valence-corrected chi connectivity index (χ0v) is 11.1. The number of nitriles is 1. The summed E-state index contributed by atoms with van der Waals surface area (Å²) < 4.78 is 5.00. The maximum Gasteiger partial charge on any atom is 0.309 e. The number of esters is 1. The fourth-order valence-corrected chi connectivity index (χ4v) is 2.24. The molecule has 0 atom stereocenters. The van der Waals surface area contributed by atoms with E-state index in [0.29, 0.717) is 11.3 Å². The first-order chi connectivity index (χ1) is 9.69. The van der Waals surface area contributed by atoms with E-state index < -0.39 is 0 Å². The first-order valence-electron chi connectivity index (χ1n) is 6.65. The first-order valence-corrected chi connectivity index (χ1v) is 6.65. The molecule has 1 aliphatic rings. The van der Waals surface area contributed by atoms with Crippen molar-refractivity contribution < 1.29 is 14.3 Å². The number of amides is 1. The lowest BCUT2D eigenvalue weighted by molar-refractivity contribution is -0.151. The average molecular weight is 272 g/mol. The van der Waals surface area contributed by atoms with E-state index in [4.69, 9.17) is 10.00 Å². The van der Waals surface area contributed by atoms with E-state index in [1.54, 1.807) is 24.3 Å². The lowest BCUT2D eigenvalue weighted by atomic mass is 10.1. The molecule has 0 unspecified atom stereocenters. The number of hydrogen-bond acceptors (Lipinski definition) is 4. The number of nitrogens with one attached hydrogen (secondary N) is 1. The third kappa shape index (κ3) is 3.82. The lowest BCUT2D eigenvalue weighted by Gasteiger charge is -2.09. The Kier molecular flexibility index (Phi) is 4.72. The second-order valence-corrected chi connectivity index (χ2v) is 4.83. The molecule has 1 N–H and O–H groups in total. The molecule has 5 heteroatoms. The molecule has 2 rings (SSSR count). The molecule has 1 aliphatic carbocycles. The van der Waals surface area contributed by atoms with Crippen LogP contribution >= 0.6 is 0 Å². The second kappa shape index (κ2) is 6.71. The number of nitrogens with zero attached hydrogens (tertiary/aromatic N) is 1. The molecule has 20 heavy (non-hydrogen) atoms. The minimum absolute atomic E-state index is 0.0438. The molecular weight excluding hydrogens is 256 g/mol. The third-order valence-electron chi connectivity index (χ3n) is 3.33. The van der Waals surface area contributed by atoms with Gasteiger partial charge in [-0.1, -0.05) is 12.8 Å². The summed E-state index contributed by atoms with van der Waals surface area (Å²) in [5.41, 5.74) is 1.10. The number of carbonyl (C=O) groups excluding carboxylic acids is 2. The molecule has 104 valence electrons. The predicted molar refractivity (Wildman–Crippen MR) is 72.7 cm³/mol. The van der Waals surface area contributed by atoms with Gasteiger partial charge in [-0.3, -0.25) is 9.59 Å². The van der Waals surface area contributed by atoms with Gasteiger partial charge in [0.2, 0.25) is 0 Å². The average Bonchev–Trinajstić information content (AvgIpc) is 3.00. The molecule has 5 nitrogen and oxygen atoms in total. The minimum Gasteiger partial charge on any atom is -0.455 e. The Morgan fingerprint density at radius 1 is 1.25 bits per heavy atom. The van der Waals surface area contributed by atoms with Crippen LogP contribution in [0.25, 0.3) is 0 Å². The van der Waals surface area contributed by atoms with E-state index in [2.05, 4.69) is 5.32 Å². The molecule has 0 saturated heterocycles. The van der Waals surface area contributed by atoms with Crippen LogP contribution in [0.15, 0.2) is 24.3 Å². The van der Waals surface area contributed by atoms with Crippen LogP contribution < -0.4 is 5.32 Å². The van der Waals surface area contributed by atoms with Gasteiger partial charge in [-0.25, -0.2) is 0 Å². The van der Waals surface area contributed by atoms with E-state index in [0.717, 1.165) is 25.7 Å². The minimum atomic E-state index is -0.374. The van der Waals surface area contributed by atoms with Crippen LogP contribution in [-0.4, -0.2) is 18.5 Å². The van der Waals surface area contributed by atoms with Gasteiger partial charge in [0.25, 0.3) is 5.91 Å². The Morgan fingerprint density at radius 2 is 1.90 bits per heavy atom. The summed E-state index contributed by atoms with van der Waals surface area (Å²) in [6.45, 7) is -0.269. The number of hydrogen-bond donors (Lipinski definition) is 1. The maximum absolute atomic E-state index is 11.6. The summed E-state index contributed by atoms with van der Waals surface area (Å²) in [6.07, 6.45) is 3.82. The Balaban J connectivity index is 1.77. The molecule has 0 spiro atoms. The molecule has 1 saturated carbocycles. The highest BCUT2D eigenvalue weighted by Gasteiger charge is 2.24. The number of carbonyl (C=O) groups is 2. The third-order valence-corrected chi connectivity index (χ3v) is 3.33. The summed E-state index contributed by atoms with van der Waals surface area (Å²) in [6, 6.07) is 8.49. The quantitative estimate of drug-likeness (QED) is 0.852. The van der Waals surface area contributed by atoms with Crippen molar-refractivity contribution in [2.45, 2.75) is 25.7 Å². The van der Waals surface area contributed by atoms with Gasteiger partial charge in [-0.2, -0.15) is 5.26 Å². The fraction of sp³-hybridized carbons (Fsp3) is 0.400. The highest BCUT2D eigenvalue weighted by Crippen LogP contribution is 2.25. The molecular formula is C15H16N2O3. The Labute approximate surface area is 117 Å². The van der Waals surface area contributed by atoms with Crippen molar-refractivity contribution in [1.82, 2.24) is 0 Å². The van der Waals surface area contributed by atoms with Gasteiger partial charge in [-0.05, 0) is 37.1 Å². The number of ether oxygens (including phenoxy) is 1. The van der Waals surface area contributed by atoms with E-state index >= 15 is 0 Å². The largest absolute Gasteiger partial charge is 0.455 e. The van der Waals surface area contributed by atoms with E-state index in [1.165, 1.54) is 0 Å². The van der Waals surface area contributed by atoms with Crippen LogP contribution in [0.5, 0.6) is 0 Å². The van der Waals surface area contributed by atoms with Crippen LogP contribution in [0.1, 0.15) is 31.2 Å². The van der Waals surface area contributed by atoms with Crippen molar-refractivity contribution in [3.8, 4) is 6.07 Å². The molecule has 0 aromatic heterocycles. The van der Waals surface area contributed by atoms with Crippen molar-refractivity contribution in [3.63, 3.8) is 0 Å². The topological polar surface area (TPSA) is 79.2 Å². The van der Waals surface area contributed by atoms with Crippen molar-refractivity contribution in [2.75, 3.05) is 11.9 Å². The summed E-state index contributed by atoms with van der Waals surface area (Å²) in [5.74, 6) is -0.698. The Hall–Kier alpha value is -2.35. The lowest BCUT2D eigenvalue weighted by Crippen LogP contribution is -2.23. The number of rotatable bonds is 4. The van der Waals surface area contributed by atoms with Gasteiger partial charge in [-0.15, -0.1) is 0 Å². The highest BCUT2D eigenvalue weighted by atomic mass is 16.5. The van der Waals surface area contributed by atoms with E-state index in [1.807, 2.05) is 6.07 Å². The van der Waals surface area contributed by atoms with Crippen molar-refractivity contribution in [1.29, 1.82) is 5.26 Å². The molecule has 0 bridgehead atoms. The van der Waals surface area contributed by atoms with Crippen LogP contribution in [-0.2, 0) is 14.3 Å². The van der Waals surface area contributed by atoms with Crippen molar-refractivity contribution in [3.05, 3.63) is 29.8 Å². The van der Waals surface area contributed by atoms with Gasteiger partial charge >= 0.3 is 5.97 Å². The molecule has 1 aromatic rings. The van der Waals surface area contributed by atoms with Gasteiger partial charge in [0.05, 0.1) is 17.6 Å². The van der Waals surface area contributed by atoms with Crippen LogP contribution in [0, 0.1) is 17.2 Å². The van der Waals surface area contributed by atoms with E-state index in [-0.39, 0.29) is 24.4 Å². The molecule has 1 aromatic carbocycles. The SMILES string of the molecule is N#Cc1ccc(NC(=O)COC(=O)C2CCCC2)cc1. The Bertz CT molecular complexity index is 525. The first kappa shape index (κ1) is 14.1. The normalized spacial score (nSPS) is 14.6. The zero-order valence-electron chi connectivity index (χ0n) is 11.1. The standard InChI is InChI=1S/C15H16N2O3/c16-9-11-5-7-13(8-6-11)17-14(18)10-20-15(19)12-3-1-2-4-12/h5-8,12H,1-4,10H2,(H,17,18). The fourth-order valence-electron chi connectivity index (χ4n) is 2.24. The number of anilines is 1. The zero-order chi connectivity index (χ0) is 14.4. The number of benzene rings is 1. The van der Waals surface area contributed by atoms with Crippen LogP contribution in [0.2, 0.25) is 0 Å². The monoisotopic (exact) mass is 272 g/mol. The van der Waals surface area contributed by atoms with Gasteiger partial charge in [0.15, 0.2) is 6.61 Å². The summed E-state index contributed by atoms with van der Waals surface area (Å²) in [5, 5.41) is 11.3. The van der Waals surface area contributed by atoms with Crippen molar-refractivity contribution >= 4 is 17.6 Å². The van der Waals surface area contributed by atoms with Crippen LogP contribution in [0.3, 0.4) is 0 Å². The summed E-state index contributed by atoms with van der Waals surface area (Å²) in [7, 11) is 0. The summed E-state index contributed by atoms with van der Waals surface area (Å²) >= 11 is 0. The molecule has 0 heterocycles. The van der Waals surface area contributed by atoms with Gasteiger partial charge < -0.3 is 10.1 Å². The summed E-state index contributed by atoms with van der Waals surface area (Å²) in [4.78, 5) is 23.3. The van der Waals surface area contributed by atoms with Gasteiger partial charge in [0.1, 0.15) is 0 Å². The highest BCUT2D eigenvalue weighted by molar-refractivity contribution is 5.92. The molecule has 0 aliphatic heterocycles. The molecule has 1 amide bonds. The Morgan fingerprint density at radius 3 is 2.50 bits per heavy atom. The maximum atomic E-state index is 11.6. The van der Waals surface area contributed by atoms with Crippen molar-refractivity contribution in [2.24, 2.45) is 5.92 Å². The van der Waals surface area contributed by atoms with Gasteiger partial charge in [0, 0.05) is 5.69 Å². The van der Waals surface area contributed by atoms with Crippen LogP contribution in [0.4, 0.5) is 5.69 Å².